The molecule has 13 rings (SSSR count). The van der Waals surface area contributed by atoms with E-state index in [9.17, 15) is 62.3 Å². The lowest BCUT2D eigenvalue weighted by molar-refractivity contribution is -0.0617. The molecule has 0 N–H and O–H groups in total. The molecule has 0 aliphatic heterocycles. The quantitative estimate of drug-likeness (QED) is 0.0253. The fraction of sp³-hybridized carbons (Fsp3) is 0.195. The Morgan fingerprint density at radius 1 is 0.189 bits per heavy atom. The number of hydrogen-bond acceptors (Lipinski definition) is 30. The summed E-state index contributed by atoms with van der Waals surface area (Å²) in [5.74, 6) is -6.21. The van der Waals surface area contributed by atoms with Gasteiger partial charge in [-0.05, 0) is 201 Å². The maximum atomic E-state index is 12.7. The molecule has 0 aliphatic rings. The second kappa shape index (κ2) is 58.8. The number of hydrogen-bond donors (Lipinski definition) is 0. The molecular formula is C113H104O30. The first-order valence-electron chi connectivity index (χ1n) is 44.9. The molecule has 0 aliphatic carbocycles. The highest BCUT2D eigenvalue weighted by Gasteiger charge is 2.36. The maximum Gasteiger partial charge on any atom is 0.338 e. The predicted molar refractivity (Wildman–Crippen MR) is 521 cm³/mol. The normalized spacial score (nSPS) is 10.9. The van der Waals surface area contributed by atoms with E-state index in [4.69, 9.17) is 80.5 Å². The average molecular weight is 1940 g/mol. The first-order valence-corrected chi connectivity index (χ1v) is 44.9. The summed E-state index contributed by atoms with van der Waals surface area (Å²) in [4.78, 5) is 162. The number of carbonyl (C=O) groups is 13. The zero-order valence-corrected chi connectivity index (χ0v) is 78.5. The molecule has 0 saturated carbocycles. The molecule has 13 aromatic rings. The first-order chi connectivity index (χ1) is 69.6. The molecule has 0 fully saturated rings. The summed E-state index contributed by atoms with van der Waals surface area (Å²) in [5.41, 5.74) is 3.66. The van der Waals surface area contributed by atoms with Gasteiger partial charge in [0.1, 0.15) is 83.3 Å². The van der Waals surface area contributed by atoms with Gasteiger partial charge < -0.3 is 80.5 Å². The van der Waals surface area contributed by atoms with Gasteiger partial charge >= 0.3 is 77.6 Å². The highest BCUT2D eigenvalue weighted by atomic mass is 16.6. The van der Waals surface area contributed by atoms with Crippen molar-refractivity contribution in [2.75, 3.05) is 101 Å². The Labute approximate surface area is 825 Å². The molecular weight excluding hydrogens is 1840 g/mol. The van der Waals surface area contributed by atoms with E-state index in [2.05, 4.69) is 0 Å². The molecule has 0 amide bonds. The van der Waals surface area contributed by atoms with Crippen LogP contribution >= 0.6 is 0 Å². The molecule has 0 bridgehead atoms. The zero-order chi connectivity index (χ0) is 102. The third-order valence-corrected chi connectivity index (χ3v) is 20.7. The summed E-state index contributed by atoms with van der Waals surface area (Å²) in [6.45, 7) is -0.299. The summed E-state index contributed by atoms with van der Waals surface area (Å²) in [5, 5.41) is 0. The van der Waals surface area contributed by atoms with Crippen molar-refractivity contribution in [2.45, 2.75) is 31.7 Å². The van der Waals surface area contributed by atoms with Crippen LogP contribution in [-0.4, -0.2) is 197 Å². The van der Waals surface area contributed by atoms with Gasteiger partial charge in [-0.3, -0.25) is 0 Å². The van der Waals surface area contributed by atoms with Crippen LogP contribution in [0.15, 0.2) is 376 Å². The van der Waals surface area contributed by atoms with E-state index in [-0.39, 0.29) is 79.3 Å². The number of carbonyl (C=O) groups excluding carboxylic acids is 13. The highest BCUT2D eigenvalue weighted by Crippen LogP contribution is 2.28. The molecule has 0 aromatic heterocycles. The van der Waals surface area contributed by atoms with E-state index in [1.807, 2.05) is 6.92 Å². The van der Waals surface area contributed by atoms with Gasteiger partial charge in [-0.15, -0.1) is 0 Å². The lowest BCUT2D eigenvalue weighted by Crippen LogP contribution is -2.39. The standard InChI is InChI=1S/C34H30O9.C28H28O9.C27H26O6.C24H20O6/c35-31(25-13-5-1-6-14-25)40-23-29(42-33(37)27-17-9-3-10-18-27)21-39-22-30(43-34(38)28-19-11-4-12-20-28)24-41-32(36)26-15-7-2-8-16-26;1-32-23-10-4-20(5-11-23)26(29)35-16-19(17-36-27(30)21-6-12-24(33-2)13-7-21)18-37-28(31)22-8-14-25(34-3)15-9-22;1-2-27(18-31-24(28)21-12-6-3-7-13-21,19-32-25(29)22-14-8-4-9-15-22)20-33-26(30)23-16-10-5-11-17-23;25-22(18-10-4-1-5-11-18)28-16-21(30-24(27)20-14-8-3-9-15-20)17-29-23(26)19-12-6-2-7-13-19/h1-20,29-30H,21-24H2;4-15,19H,16-18H2,1-3H3;3-17H,2,18-20H2,1H3;1-15,21H,16-17H2. The third-order valence-electron chi connectivity index (χ3n) is 20.7. The molecule has 30 nitrogen and oxygen atoms in total. The van der Waals surface area contributed by atoms with E-state index in [0.717, 1.165) is 0 Å². The topological polar surface area (TPSA) is 379 Å². The van der Waals surface area contributed by atoms with E-state index in [1.54, 1.807) is 376 Å². The van der Waals surface area contributed by atoms with Crippen LogP contribution in [0.4, 0.5) is 0 Å². The molecule has 0 radical (unpaired) electrons. The summed E-state index contributed by atoms with van der Waals surface area (Å²) < 4.78 is 91.7. The lowest BCUT2D eigenvalue weighted by Gasteiger charge is -2.31. The summed E-state index contributed by atoms with van der Waals surface area (Å²) in [7, 11) is 4.58. The Hall–Kier alpha value is -17.7. The fourth-order valence-corrected chi connectivity index (χ4v) is 12.6. The van der Waals surface area contributed by atoms with Crippen LogP contribution in [-0.2, 0) is 66.3 Å². The van der Waals surface area contributed by atoms with Gasteiger partial charge in [-0.2, -0.15) is 0 Å². The molecule has 0 saturated heterocycles. The second-order valence-electron chi connectivity index (χ2n) is 31.1. The minimum absolute atomic E-state index is 0.0820. The predicted octanol–water partition coefficient (Wildman–Crippen LogP) is 18.2. The molecule has 0 spiro atoms. The third kappa shape index (κ3) is 37.0. The van der Waals surface area contributed by atoms with Crippen molar-refractivity contribution in [3.8, 4) is 17.2 Å². The number of rotatable bonds is 44. The average Bonchev–Trinajstić information content (AvgIpc) is 0.836. The van der Waals surface area contributed by atoms with Gasteiger partial charge in [0.2, 0.25) is 0 Å². The Morgan fingerprint density at radius 3 is 0.517 bits per heavy atom. The van der Waals surface area contributed by atoms with Crippen LogP contribution in [0.2, 0.25) is 0 Å². The van der Waals surface area contributed by atoms with Gasteiger partial charge in [0.25, 0.3) is 0 Å². The molecule has 143 heavy (non-hydrogen) atoms. The maximum absolute atomic E-state index is 12.7. The lowest BCUT2D eigenvalue weighted by atomic mass is 9.88. The summed E-state index contributed by atoms with van der Waals surface area (Å²) >= 11 is 0. The van der Waals surface area contributed by atoms with Crippen LogP contribution in [0.1, 0.15) is 148 Å². The van der Waals surface area contributed by atoms with E-state index in [0.29, 0.717) is 96.0 Å². The Morgan fingerprint density at radius 2 is 0.343 bits per heavy atom. The molecule has 0 heterocycles. The van der Waals surface area contributed by atoms with Crippen molar-refractivity contribution in [3.05, 3.63) is 448 Å². The number of esters is 13. The van der Waals surface area contributed by atoms with Crippen molar-refractivity contribution < 1.29 is 143 Å². The first kappa shape index (κ1) is 107. The van der Waals surface area contributed by atoms with Crippen LogP contribution in [0.5, 0.6) is 17.2 Å². The minimum atomic E-state index is -0.988. The molecule has 2 unspecified atom stereocenters. The van der Waals surface area contributed by atoms with Crippen LogP contribution < -0.4 is 14.2 Å². The van der Waals surface area contributed by atoms with Crippen molar-refractivity contribution in [3.63, 3.8) is 0 Å². The Kier molecular flexibility index (Phi) is 44.2. The van der Waals surface area contributed by atoms with Crippen molar-refractivity contribution >= 4 is 77.6 Å². The van der Waals surface area contributed by atoms with Crippen LogP contribution in [0.25, 0.3) is 0 Å². The number of benzene rings is 13. The van der Waals surface area contributed by atoms with Gasteiger partial charge in [0, 0.05) is 0 Å². The molecule has 13 aromatic carbocycles. The van der Waals surface area contributed by atoms with Gasteiger partial charge in [-0.25, -0.2) is 62.3 Å². The fourth-order valence-electron chi connectivity index (χ4n) is 12.6. The van der Waals surface area contributed by atoms with Gasteiger partial charge in [0.15, 0.2) is 18.3 Å². The van der Waals surface area contributed by atoms with E-state index >= 15 is 0 Å². The van der Waals surface area contributed by atoms with Crippen molar-refractivity contribution in [1.29, 1.82) is 0 Å². The van der Waals surface area contributed by atoms with Gasteiger partial charge in [-0.1, -0.05) is 189 Å². The summed E-state index contributed by atoms with van der Waals surface area (Å²) in [6, 6.07) is 104. The van der Waals surface area contributed by atoms with Crippen molar-refractivity contribution in [1.82, 2.24) is 0 Å². The van der Waals surface area contributed by atoms with Crippen LogP contribution in [0.3, 0.4) is 0 Å². The molecule has 736 valence electrons. The molecule has 30 heteroatoms. The Bertz CT molecular complexity index is 5700. The number of ether oxygens (including phenoxy) is 17. The van der Waals surface area contributed by atoms with Crippen LogP contribution in [0, 0.1) is 11.3 Å². The Balaban J connectivity index is 0.000000198. The van der Waals surface area contributed by atoms with E-state index < -0.39 is 107 Å². The zero-order valence-electron chi connectivity index (χ0n) is 78.5. The second-order valence-corrected chi connectivity index (χ2v) is 31.1. The minimum Gasteiger partial charge on any atom is -0.497 e. The van der Waals surface area contributed by atoms with E-state index in [1.165, 1.54) is 21.3 Å². The summed E-state index contributed by atoms with van der Waals surface area (Å²) in [6.07, 6.45) is -2.49. The highest BCUT2D eigenvalue weighted by molar-refractivity contribution is 5.96. The molecule has 2 atom stereocenters. The SMILES string of the molecule is CCC(COC(=O)c1ccccc1)(COC(=O)c1ccccc1)COC(=O)c1ccccc1.COc1ccc(C(=O)OCC(COC(=O)c2ccc(OC)cc2)COC(=O)c2ccc(OC)cc2)cc1.O=C(OCC(COC(=O)c1ccccc1)OC(=O)c1ccccc1)c1ccccc1.O=C(OCC(COCC(COC(=O)c1ccccc1)OC(=O)c1ccccc1)OC(=O)c1ccccc1)c1ccccc1. The number of methoxy groups -OCH3 is 3. The van der Waals surface area contributed by atoms with Crippen molar-refractivity contribution in [2.24, 2.45) is 11.3 Å². The monoisotopic (exact) mass is 1940 g/mol. The smallest absolute Gasteiger partial charge is 0.338 e. The van der Waals surface area contributed by atoms with Gasteiger partial charge in [0.05, 0.1) is 118 Å². The largest absolute Gasteiger partial charge is 0.497 e.